The van der Waals surface area contributed by atoms with Gasteiger partial charge in [-0.1, -0.05) is 0 Å². The van der Waals surface area contributed by atoms with Gasteiger partial charge in [-0.2, -0.15) is 0 Å². The lowest BCUT2D eigenvalue weighted by molar-refractivity contribution is 0.335. The highest BCUT2D eigenvalue weighted by Crippen LogP contribution is 2.38. The van der Waals surface area contributed by atoms with E-state index in [4.69, 9.17) is 4.74 Å². The van der Waals surface area contributed by atoms with E-state index in [9.17, 15) is 17.7 Å². The first-order chi connectivity index (χ1) is 11.0. The molecule has 12 heteroatoms. The molecule has 0 aliphatic carbocycles. The molecule has 0 saturated carbocycles. The molecular formula is C12H18N4O5S3. The molecule has 0 amide bonds. The maximum Gasteiger partial charge on any atom is 0.271 e. The summed E-state index contributed by atoms with van der Waals surface area (Å²) in [5, 5.41) is 14.3. The summed E-state index contributed by atoms with van der Waals surface area (Å²) in [5.74, 6) is -0.345. The molecule has 3 N–H and O–H groups in total. The van der Waals surface area contributed by atoms with Crippen molar-refractivity contribution in [3.63, 3.8) is 0 Å². The zero-order valence-corrected chi connectivity index (χ0v) is 15.9. The minimum Gasteiger partial charge on any atom is -0.504 e. The maximum absolute atomic E-state index is 12.3. The number of nitrogens with one attached hydrogen (secondary N) is 2. The maximum atomic E-state index is 12.3. The molecule has 2 rings (SSSR count). The Kier molecular flexibility index (Phi) is 5.32. The zero-order valence-electron chi connectivity index (χ0n) is 13.5. The van der Waals surface area contributed by atoms with Crippen molar-refractivity contribution >= 4 is 50.0 Å². The van der Waals surface area contributed by atoms with Crippen LogP contribution in [0.15, 0.2) is 18.4 Å². The fraction of sp³-hybridized carbons (Fsp3) is 0.500. The number of anilines is 1. The number of ether oxygens (including phenoxy) is 1. The van der Waals surface area contributed by atoms with Crippen molar-refractivity contribution < 1.29 is 22.5 Å². The minimum absolute atomic E-state index is 0.0404. The van der Waals surface area contributed by atoms with Crippen molar-refractivity contribution in [3.8, 4) is 5.75 Å². The highest BCUT2D eigenvalue weighted by Gasteiger charge is 2.29. The van der Waals surface area contributed by atoms with Crippen molar-refractivity contribution in [1.82, 2.24) is 4.72 Å². The lowest BCUT2D eigenvalue weighted by Crippen LogP contribution is -2.40. The van der Waals surface area contributed by atoms with Crippen molar-refractivity contribution in [3.05, 3.63) is 5.38 Å². The van der Waals surface area contributed by atoms with E-state index in [-0.39, 0.29) is 21.6 Å². The van der Waals surface area contributed by atoms with Crippen LogP contribution in [0.1, 0.15) is 27.7 Å². The Morgan fingerprint density at radius 1 is 1.38 bits per heavy atom. The smallest absolute Gasteiger partial charge is 0.271 e. The number of rotatable bonds is 4. The number of aromatic hydroxyl groups is 1. The third kappa shape index (κ3) is 4.32. The van der Waals surface area contributed by atoms with Gasteiger partial charge in [0.2, 0.25) is 5.84 Å². The van der Waals surface area contributed by atoms with E-state index in [1.807, 2.05) is 0 Å². The Morgan fingerprint density at radius 3 is 2.62 bits per heavy atom. The average molecular weight is 395 g/mol. The SMILES string of the molecule is CCOC1=NS(=O)N=C1Nc1csc(S(=O)(=O)NC(C)(C)C)c1O. The van der Waals surface area contributed by atoms with Crippen LogP contribution in [0.5, 0.6) is 5.75 Å². The van der Waals surface area contributed by atoms with Crippen LogP contribution in [0, 0.1) is 0 Å². The van der Waals surface area contributed by atoms with E-state index in [2.05, 4.69) is 18.8 Å². The topological polar surface area (TPSA) is 129 Å². The second kappa shape index (κ2) is 6.78. The molecule has 1 aromatic rings. The van der Waals surface area contributed by atoms with Gasteiger partial charge in [0.1, 0.15) is 0 Å². The number of sulfonamides is 1. The lowest BCUT2D eigenvalue weighted by Gasteiger charge is -2.19. The molecule has 0 radical (unpaired) electrons. The highest BCUT2D eigenvalue weighted by molar-refractivity contribution is 7.91. The Labute approximate surface area is 146 Å². The minimum atomic E-state index is -3.88. The van der Waals surface area contributed by atoms with Crippen LogP contribution in [0.4, 0.5) is 5.69 Å². The third-order valence-corrected chi connectivity index (χ3v) is 6.42. The lowest BCUT2D eigenvalue weighted by atomic mass is 10.1. The molecule has 1 atom stereocenters. The fourth-order valence-corrected chi connectivity index (χ4v) is 5.01. The predicted octanol–water partition coefficient (Wildman–Crippen LogP) is 1.37. The quantitative estimate of drug-likeness (QED) is 0.707. The summed E-state index contributed by atoms with van der Waals surface area (Å²) >= 11 is -0.961. The van der Waals surface area contributed by atoms with Crippen LogP contribution in [0.3, 0.4) is 0 Å². The van der Waals surface area contributed by atoms with E-state index in [0.717, 1.165) is 11.3 Å². The summed E-state index contributed by atoms with van der Waals surface area (Å²) in [6.07, 6.45) is 0. The van der Waals surface area contributed by atoms with Gasteiger partial charge in [-0.15, -0.1) is 20.1 Å². The number of thiophene rings is 1. The second-order valence-corrected chi connectivity index (χ2v) is 9.35. The summed E-state index contributed by atoms with van der Waals surface area (Å²) in [6, 6.07) is 0. The number of nitrogens with zero attached hydrogens (tertiary/aromatic N) is 2. The van der Waals surface area contributed by atoms with Gasteiger partial charge in [-0.05, 0) is 27.7 Å². The van der Waals surface area contributed by atoms with Gasteiger partial charge in [0.05, 0.1) is 12.3 Å². The molecule has 1 unspecified atom stereocenters. The van der Waals surface area contributed by atoms with Crippen LogP contribution in [-0.4, -0.2) is 41.6 Å². The van der Waals surface area contributed by atoms with Crippen LogP contribution < -0.4 is 10.0 Å². The highest BCUT2D eigenvalue weighted by atomic mass is 32.2. The van der Waals surface area contributed by atoms with Gasteiger partial charge in [0.25, 0.3) is 27.1 Å². The van der Waals surface area contributed by atoms with E-state index in [1.165, 1.54) is 5.38 Å². The van der Waals surface area contributed by atoms with Crippen molar-refractivity contribution in [2.45, 2.75) is 37.4 Å². The Bertz CT molecular complexity index is 820. The molecule has 0 fully saturated rings. The van der Waals surface area contributed by atoms with Crippen molar-refractivity contribution in [2.24, 2.45) is 8.80 Å². The first-order valence-electron chi connectivity index (χ1n) is 6.87. The van der Waals surface area contributed by atoms with Crippen LogP contribution in [0.25, 0.3) is 0 Å². The standard InChI is InChI=1S/C12H18N4O5S3/c1-5-21-10-9(14-23(18)15-10)13-7-6-22-11(8(7)17)24(19,20)16-12(2,3)4/h6,16-17H,5H2,1-4H3,(H,13,14). The monoisotopic (exact) mass is 394 g/mol. The molecule has 24 heavy (non-hydrogen) atoms. The van der Waals surface area contributed by atoms with E-state index in [0.29, 0.717) is 6.61 Å². The predicted molar refractivity (Wildman–Crippen MR) is 94.3 cm³/mol. The normalized spacial score (nSPS) is 18.2. The first kappa shape index (κ1) is 18.8. The molecule has 9 nitrogen and oxygen atoms in total. The van der Waals surface area contributed by atoms with Gasteiger partial charge >= 0.3 is 0 Å². The molecule has 0 spiro atoms. The van der Waals surface area contributed by atoms with Gasteiger partial charge < -0.3 is 15.2 Å². The average Bonchev–Trinajstić information content (AvgIpc) is 2.92. The summed E-state index contributed by atoms with van der Waals surface area (Å²) < 4.78 is 50.9. The van der Waals surface area contributed by atoms with Gasteiger partial charge in [-0.3, -0.25) is 0 Å². The molecule has 134 valence electrons. The molecule has 0 bridgehead atoms. The van der Waals surface area contributed by atoms with Gasteiger partial charge in [-0.25, -0.2) is 17.3 Å². The van der Waals surface area contributed by atoms with Crippen LogP contribution >= 0.6 is 11.3 Å². The van der Waals surface area contributed by atoms with Crippen LogP contribution in [0.2, 0.25) is 0 Å². The fourth-order valence-electron chi connectivity index (χ4n) is 1.75. The van der Waals surface area contributed by atoms with Crippen molar-refractivity contribution in [1.29, 1.82) is 0 Å². The molecular weight excluding hydrogens is 376 g/mol. The number of hydrogen-bond donors (Lipinski definition) is 3. The molecule has 2 heterocycles. The number of hydrogen-bond acceptors (Lipinski definition) is 7. The largest absolute Gasteiger partial charge is 0.504 e. The van der Waals surface area contributed by atoms with E-state index >= 15 is 0 Å². The summed E-state index contributed by atoms with van der Waals surface area (Å²) in [4.78, 5) is 0. The Balaban J connectivity index is 2.27. The summed E-state index contributed by atoms with van der Waals surface area (Å²) in [5.41, 5.74) is -0.580. The van der Waals surface area contributed by atoms with Gasteiger partial charge in [0.15, 0.2) is 9.96 Å². The van der Waals surface area contributed by atoms with E-state index in [1.54, 1.807) is 27.7 Å². The third-order valence-electron chi connectivity index (χ3n) is 2.48. The molecule has 0 saturated heterocycles. The van der Waals surface area contributed by atoms with Crippen LogP contribution in [-0.2, 0) is 25.9 Å². The first-order valence-corrected chi connectivity index (χ1v) is 10.3. The number of amidine groups is 1. The van der Waals surface area contributed by atoms with E-state index < -0.39 is 32.5 Å². The van der Waals surface area contributed by atoms with Crippen molar-refractivity contribution in [2.75, 3.05) is 11.9 Å². The Hall–Kier alpha value is -1.50. The molecule has 1 aliphatic rings. The molecule has 1 aliphatic heterocycles. The Morgan fingerprint density at radius 2 is 2.04 bits per heavy atom. The second-order valence-electron chi connectivity index (χ2n) is 5.77. The summed E-state index contributed by atoms with van der Waals surface area (Å²) in [6.45, 7) is 7.11. The van der Waals surface area contributed by atoms with Gasteiger partial charge in [0, 0.05) is 10.9 Å². The summed E-state index contributed by atoms with van der Waals surface area (Å²) in [7, 11) is -3.88. The molecule has 1 aromatic heterocycles. The molecule has 0 aromatic carbocycles. The zero-order chi connectivity index (χ0) is 18.1.